The minimum atomic E-state index is -0.616. The molecule has 228 valence electrons. The second-order valence-corrected chi connectivity index (χ2v) is 13.3. The highest BCUT2D eigenvalue weighted by atomic mass is 16.2. The molecule has 9 heteroatoms. The molecule has 0 bridgehead atoms. The van der Waals surface area contributed by atoms with Crippen LogP contribution in [0.15, 0.2) is 24.3 Å². The second kappa shape index (κ2) is 12.3. The zero-order valence-corrected chi connectivity index (χ0v) is 25.1. The van der Waals surface area contributed by atoms with Gasteiger partial charge in [-0.3, -0.25) is 19.2 Å². The van der Waals surface area contributed by atoms with Crippen LogP contribution in [0.25, 0.3) is 0 Å². The number of carbonyl (C=O) groups excluding carboxylic acids is 4. The molecular formula is C33H47N5O4. The van der Waals surface area contributed by atoms with Crippen LogP contribution in [0.1, 0.15) is 88.3 Å². The number of benzene rings is 1. The Morgan fingerprint density at radius 2 is 1.67 bits per heavy atom. The number of likely N-dealkylation sites (N-methyl/N-ethyl adjacent to an activating group) is 1. The predicted molar refractivity (Wildman–Crippen MR) is 159 cm³/mol. The van der Waals surface area contributed by atoms with E-state index in [0.29, 0.717) is 19.5 Å². The maximum absolute atomic E-state index is 14.4. The van der Waals surface area contributed by atoms with Crippen LogP contribution in [-0.2, 0) is 25.6 Å². The first-order valence-corrected chi connectivity index (χ1v) is 16.3. The fraction of sp³-hybridized carbons (Fsp3) is 0.697. The van der Waals surface area contributed by atoms with Crippen molar-refractivity contribution in [3.63, 3.8) is 0 Å². The third-order valence-corrected chi connectivity index (χ3v) is 10.7. The number of hydrogen-bond acceptors (Lipinski definition) is 5. The monoisotopic (exact) mass is 577 g/mol. The highest BCUT2D eigenvalue weighted by molar-refractivity contribution is 5.92. The first-order chi connectivity index (χ1) is 20.4. The van der Waals surface area contributed by atoms with Crippen molar-refractivity contribution in [1.82, 2.24) is 25.8 Å². The summed E-state index contributed by atoms with van der Waals surface area (Å²) in [4.78, 5) is 58.8. The molecule has 1 aromatic rings. The minimum absolute atomic E-state index is 0.0553. The SMILES string of the molecule is CN[C@@H](C)C(=O)N[C@H](C(=O)N1CC[C@@H]2[C@H]1[C@@H](C(=O)NC1CCCc3ccccc31)CN2C(=O)C1CC1)C1CCCCC1. The fourth-order valence-corrected chi connectivity index (χ4v) is 8.01. The summed E-state index contributed by atoms with van der Waals surface area (Å²) in [5.41, 5.74) is 2.46. The van der Waals surface area contributed by atoms with Crippen molar-refractivity contribution >= 4 is 23.6 Å². The average Bonchev–Trinajstić information content (AvgIpc) is 3.68. The molecule has 3 N–H and O–H groups in total. The Hall–Kier alpha value is -2.94. The molecule has 3 aliphatic carbocycles. The molecular weight excluding hydrogens is 530 g/mol. The minimum Gasteiger partial charge on any atom is -0.349 e. The third-order valence-electron chi connectivity index (χ3n) is 10.7. The van der Waals surface area contributed by atoms with Crippen LogP contribution in [0.3, 0.4) is 0 Å². The van der Waals surface area contributed by atoms with Gasteiger partial charge in [0.25, 0.3) is 0 Å². The first kappa shape index (κ1) is 29.1. The lowest BCUT2D eigenvalue weighted by Crippen LogP contribution is -2.58. The summed E-state index contributed by atoms with van der Waals surface area (Å²) in [6.45, 7) is 2.65. The molecule has 1 aromatic carbocycles. The number of nitrogens with one attached hydrogen (secondary N) is 3. The van der Waals surface area contributed by atoms with Crippen LogP contribution < -0.4 is 16.0 Å². The largest absolute Gasteiger partial charge is 0.349 e. The predicted octanol–water partition coefficient (Wildman–Crippen LogP) is 2.69. The molecule has 0 aromatic heterocycles. The fourth-order valence-electron chi connectivity index (χ4n) is 8.01. The van der Waals surface area contributed by atoms with Crippen LogP contribution >= 0.6 is 0 Å². The highest BCUT2D eigenvalue weighted by Gasteiger charge is 2.56. The van der Waals surface area contributed by atoms with E-state index >= 15 is 0 Å². The standard InChI is InChI=1S/C33H47N5O4/c1-20(34-2)30(39)36-28(22-10-4-3-5-11-22)33(42)37-18-17-27-29(37)25(19-38(27)32(41)23-15-16-23)31(40)35-26-14-8-12-21-9-6-7-13-24(21)26/h6-7,9,13,20,22-23,25-29,34H,3-5,8,10-12,14-19H2,1-2H3,(H,35,40)(H,36,39)/t20-,25-,26?,27+,28-,29+/m0/s1. The van der Waals surface area contributed by atoms with E-state index in [4.69, 9.17) is 0 Å². The van der Waals surface area contributed by atoms with Gasteiger partial charge in [-0.15, -0.1) is 0 Å². The van der Waals surface area contributed by atoms with Crippen LogP contribution in [0.5, 0.6) is 0 Å². The molecule has 5 aliphatic rings. The topological polar surface area (TPSA) is 111 Å². The van der Waals surface area contributed by atoms with E-state index < -0.39 is 18.0 Å². The Labute approximate surface area is 249 Å². The molecule has 2 heterocycles. The zero-order valence-electron chi connectivity index (χ0n) is 25.1. The summed E-state index contributed by atoms with van der Waals surface area (Å²) in [5.74, 6) is -0.559. The number of nitrogens with zero attached hydrogens (tertiary/aromatic N) is 2. The maximum Gasteiger partial charge on any atom is 0.245 e. The van der Waals surface area contributed by atoms with Crippen LogP contribution in [0.4, 0.5) is 0 Å². The van der Waals surface area contributed by atoms with Gasteiger partial charge in [0.05, 0.1) is 30.1 Å². The molecule has 4 amide bonds. The quantitative estimate of drug-likeness (QED) is 0.440. The van der Waals surface area contributed by atoms with E-state index in [1.165, 1.54) is 11.1 Å². The smallest absolute Gasteiger partial charge is 0.245 e. The summed E-state index contributed by atoms with van der Waals surface area (Å²) in [5, 5.41) is 9.44. The van der Waals surface area contributed by atoms with Crippen LogP contribution in [0, 0.1) is 17.8 Å². The number of likely N-dealkylation sites (tertiary alicyclic amines) is 2. The average molecular weight is 578 g/mol. The van der Waals surface area contributed by atoms with Gasteiger partial charge < -0.3 is 25.8 Å². The molecule has 0 spiro atoms. The molecule has 6 atom stereocenters. The lowest BCUT2D eigenvalue weighted by Gasteiger charge is -2.36. The zero-order chi connectivity index (χ0) is 29.4. The molecule has 2 saturated heterocycles. The Balaban J connectivity index is 1.26. The Kier molecular flexibility index (Phi) is 8.57. The van der Waals surface area contributed by atoms with Crippen LogP contribution in [0.2, 0.25) is 0 Å². The summed E-state index contributed by atoms with van der Waals surface area (Å²) in [6.07, 6.45) is 10.5. The van der Waals surface area contributed by atoms with Gasteiger partial charge in [-0.2, -0.15) is 0 Å². The Morgan fingerprint density at radius 1 is 0.905 bits per heavy atom. The normalized spacial score (nSPS) is 28.9. The second-order valence-electron chi connectivity index (χ2n) is 13.3. The molecule has 6 rings (SSSR count). The Morgan fingerprint density at radius 3 is 2.40 bits per heavy atom. The van der Waals surface area contributed by atoms with E-state index in [1.807, 2.05) is 21.9 Å². The van der Waals surface area contributed by atoms with Gasteiger partial charge in [0, 0.05) is 19.0 Å². The molecule has 9 nitrogen and oxygen atoms in total. The Bertz CT molecular complexity index is 1190. The number of rotatable bonds is 8. The van der Waals surface area contributed by atoms with E-state index in [9.17, 15) is 19.2 Å². The number of aryl methyl sites for hydroxylation is 1. The molecule has 1 unspecified atom stereocenters. The van der Waals surface area contributed by atoms with Crippen molar-refractivity contribution in [1.29, 1.82) is 0 Å². The summed E-state index contributed by atoms with van der Waals surface area (Å²) in [6, 6.07) is 6.70. The number of carbonyl (C=O) groups is 4. The lowest BCUT2D eigenvalue weighted by atomic mass is 9.83. The lowest BCUT2D eigenvalue weighted by molar-refractivity contribution is -0.141. The van der Waals surface area contributed by atoms with Gasteiger partial charge in [0.1, 0.15) is 6.04 Å². The summed E-state index contributed by atoms with van der Waals surface area (Å²) >= 11 is 0. The van der Waals surface area contributed by atoms with Gasteiger partial charge in [-0.25, -0.2) is 0 Å². The first-order valence-electron chi connectivity index (χ1n) is 16.3. The van der Waals surface area contributed by atoms with E-state index in [1.54, 1.807) is 14.0 Å². The number of hydrogen-bond donors (Lipinski definition) is 3. The van der Waals surface area contributed by atoms with E-state index in [2.05, 4.69) is 28.1 Å². The molecule has 42 heavy (non-hydrogen) atoms. The number of amides is 4. The molecule has 2 aliphatic heterocycles. The van der Waals surface area contributed by atoms with Crippen molar-refractivity contribution in [2.75, 3.05) is 20.1 Å². The molecule has 2 saturated carbocycles. The van der Waals surface area contributed by atoms with Gasteiger partial charge in [0.15, 0.2) is 0 Å². The summed E-state index contributed by atoms with van der Waals surface area (Å²) < 4.78 is 0. The van der Waals surface area contributed by atoms with Crippen molar-refractivity contribution in [2.45, 2.75) is 108 Å². The summed E-state index contributed by atoms with van der Waals surface area (Å²) in [7, 11) is 1.74. The third kappa shape index (κ3) is 5.69. The maximum atomic E-state index is 14.4. The van der Waals surface area contributed by atoms with Gasteiger partial charge in [-0.05, 0) is 82.4 Å². The molecule has 4 fully saturated rings. The molecule has 0 radical (unpaired) electrons. The van der Waals surface area contributed by atoms with Crippen molar-refractivity contribution < 1.29 is 19.2 Å². The van der Waals surface area contributed by atoms with Gasteiger partial charge >= 0.3 is 0 Å². The van der Waals surface area contributed by atoms with Gasteiger partial charge in [-0.1, -0.05) is 43.5 Å². The van der Waals surface area contributed by atoms with E-state index in [-0.39, 0.29) is 53.6 Å². The van der Waals surface area contributed by atoms with E-state index in [0.717, 1.165) is 64.2 Å². The van der Waals surface area contributed by atoms with Crippen molar-refractivity contribution in [3.8, 4) is 0 Å². The number of fused-ring (bicyclic) bond motifs is 2. The highest BCUT2D eigenvalue weighted by Crippen LogP contribution is 2.42. The van der Waals surface area contributed by atoms with Gasteiger partial charge in [0.2, 0.25) is 23.6 Å². The van der Waals surface area contributed by atoms with Crippen molar-refractivity contribution in [2.24, 2.45) is 17.8 Å². The van der Waals surface area contributed by atoms with Crippen molar-refractivity contribution in [3.05, 3.63) is 35.4 Å². The van der Waals surface area contributed by atoms with Crippen LogP contribution in [-0.4, -0.2) is 77.7 Å².